The number of benzene rings is 2. The lowest BCUT2D eigenvalue weighted by Gasteiger charge is -2.09. The minimum Gasteiger partial charge on any atom is -0.384 e. The van der Waals surface area contributed by atoms with Crippen molar-refractivity contribution in [2.75, 3.05) is 16.6 Å². The summed E-state index contributed by atoms with van der Waals surface area (Å²) in [6.45, 7) is 0.848. The van der Waals surface area contributed by atoms with Crippen LogP contribution in [0.3, 0.4) is 0 Å². The van der Waals surface area contributed by atoms with Crippen LogP contribution in [0.2, 0.25) is 5.02 Å². The smallest absolute Gasteiger partial charge is 0.261 e. The zero-order valence-corrected chi connectivity index (χ0v) is 13.4. The van der Waals surface area contributed by atoms with Crippen molar-refractivity contribution in [3.63, 3.8) is 0 Å². The molecule has 2 aromatic rings. The Morgan fingerprint density at radius 2 is 1.95 bits per heavy atom. The predicted molar refractivity (Wildman–Crippen MR) is 88.1 cm³/mol. The molecule has 0 aromatic heterocycles. The van der Waals surface area contributed by atoms with E-state index in [0.29, 0.717) is 10.7 Å². The molecule has 0 saturated heterocycles. The van der Waals surface area contributed by atoms with E-state index in [4.69, 9.17) is 11.6 Å². The SMILES string of the molecule is Cl.O=S(=O)(Nc1cccc(Cl)c1)c1ccc2c(c1)CCN2. The topological polar surface area (TPSA) is 58.2 Å². The first-order valence-corrected chi connectivity index (χ1v) is 8.06. The van der Waals surface area contributed by atoms with E-state index in [0.717, 1.165) is 24.2 Å². The molecule has 0 atom stereocenters. The van der Waals surface area contributed by atoms with Gasteiger partial charge in [-0.2, -0.15) is 0 Å². The molecule has 21 heavy (non-hydrogen) atoms. The molecule has 0 aliphatic carbocycles. The predicted octanol–water partition coefficient (Wildman–Crippen LogP) is 3.53. The molecule has 0 saturated carbocycles. The summed E-state index contributed by atoms with van der Waals surface area (Å²) < 4.78 is 27.2. The third kappa shape index (κ3) is 3.43. The molecule has 4 nitrogen and oxygen atoms in total. The summed E-state index contributed by atoms with van der Waals surface area (Å²) >= 11 is 5.85. The molecule has 1 aliphatic rings. The van der Waals surface area contributed by atoms with Crippen molar-refractivity contribution in [3.8, 4) is 0 Å². The van der Waals surface area contributed by atoms with Gasteiger partial charge in [-0.1, -0.05) is 17.7 Å². The first-order valence-electron chi connectivity index (χ1n) is 6.20. The van der Waals surface area contributed by atoms with E-state index >= 15 is 0 Å². The van der Waals surface area contributed by atoms with E-state index in [1.54, 1.807) is 42.5 Å². The summed E-state index contributed by atoms with van der Waals surface area (Å²) in [5.74, 6) is 0. The first kappa shape index (κ1) is 15.9. The molecule has 0 unspecified atom stereocenters. The maximum atomic E-state index is 12.3. The van der Waals surface area contributed by atoms with Crippen molar-refractivity contribution in [1.82, 2.24) is 0 Å². The van der Waals surface area contributed by atoms with Crippen molar-refractivity contribution in [2.45, 2.75) is 11.3 Å². The van der Waals surface area contributed by atoms with Gasteiger partial charge in [0, 0.05) is 17.3 Å². The van der Waals surface area contributed by atoms with Gasteiger partial charge < -0.3 is 5.32 Å². The fraction of sp³-hybridized carbons (Fsp3) is 0.143. The highest BCUT2D eigenvalue weighted by Crippen LogP contribution is 2.26. The van der Waals surface area contributed by atoms with Crippen molar-refractivity contribution in [1.29, 1.82) is 0 Å². The zero-order valence-electron chi connectivity index (χ0n) is 11.0. The largest absolute Gasteiger partial charge is 0.384 e. The monoisotopic (exact) mass is 344 g/mol. The van der Waals surface area contributed by atoms with Crippen molar-refractivity contribution >= 4 is 45.4 Å². The Labute approximate surface area is 135 Å². The van der Waals surface area contributed by atoms with Crippen LogP contribution in [0.1, 0.15) is 5.56 Å². The number of anilines is 2. The Kier molecular flexibility index (Phi) is 4.66. The Morgan fingerprint density at radius 3 is 2.71 bits per heavy atom. The van der Waals surface area contributed by atoms with Crippen LogP contribution in [0.5, 0.6) is 0 Å². The summed E-state index contributed by atoms with van der Waals surface area (Å²) in [7, 11) is -3.59. The van der Waals surface area contributed by atoms with Crippen LogP contribution >= 0.6 is 24.0 Å². The lowest BCUT2D eigenvalue weighted by molar-refractivity contribution is 0.601. The zero-order chi connectivity index (χ0) is 14.2. The van der Waals surface area contributed by atoms with E-state index < -0.39 is 10.0 Å². The number of halogens is 2. The quantitative estimate of drug-likeness (QED) is 0.895. The van der Waals surface area contributed by atoms with E-state index in [2.05, 4.69) is 10.0 Å². The minimum absolute atomic E-state index is 0. The van der Waals surface area contributed by atoms with Gasteiger partial charge in [0.25, 0.3) is 10.0 Å². The highest BCUT2D eigenvalue weighted by molar-refractivity contribution is 7.92. The second-order valence-corrected chi connectivity index (χ2v) is 6.73. The number of hydrogen-bond acceptors (Lipinski definition) is 3. The van der Waals surface area contributed by atoms with Gasteiger partial charge in [0.2, 0.25) is 0 Å². The van der Waals surface area contributed by atoms with Crippen LogP contribution in [-0.2, 0) is 16.4 Å². The van der Waals surface area contributed by atoms with Gasteiger partial charge in [-0.05, 0) is 48.4 Å². The average molecular weight is 345 g/mol. The Balaban J connectivity index is 0.00000161. The van der Waals surface area contributed by atoms with Crippen LogP contribution in [0.15, 0.2) is 47.4 Å². The molecule has 2 N–H and O–H groups in total. The molecule has 0 spiro atoms. The standard InChI is InChI=1S/C14H13ClN2O2S.ClH/c15-11-2-1-3-12(9-11)17-20(18,19)13-4-5-14-10(8-13)6-7-16-14;/h1-5,8-9,16-17H,6-7H2;1H. The summed E-state index contributed by atoms with van der Waals surface area (Å²) in [5, 5.41) is 3.69. The Bertz CT molecular complexity index is 763. The first-order chi connectivity index (χ1) is 9.54. The third-order valence-electron chi connectivity index (χ3n) is 3.17. The van der Waals surface area contributed by atoms with Gasteiger partial charge in [-0.25, -0.2) is 8.42 Å². The van der Waals surface area contributed by atoms with E-state index in [1.165, 1.54) is 0 Å². The highest BCUT2D eigenvalue weighted by Gasteiger charge is 2.18. The second kappa shape index (κ2) is 6.13. The van der Waals surface area contributed by atoms with E-state index in [1.807, 2.05) is 0 Å². The number of fused-ring (bicyclic) bond motifs is 1. The van der Waals surface area contributed by atoms with Crippen molar-refractivity contribution < 1.29 is 8.42 Å². The van der Waals surface area contributed by atoms with Gasteiger partial charge in [0.05, 0.1) is 10.6 Å². The minimum atomic E-state index is -3.59. The van der Waals surface area contributed by atoms with E-state index in [-0.39, 0.29) is 17.3 Å². The van der Waals surface area contributed by atoms with Crippen molar-refractivity contribution in [3.05, 3.63) is 53.1 Å². The molecule has 7 heteroatoms. The fourth-order valence-electron chi connectivity index (χ4n) is 2.21. The van der Waals surface area contributed by atoms with Gasteiger partial charge in [-0.3, -0.25) is 4.72 Å². The van der Waals surface area contributed by atoms with Gasteiger partial charge in [-0.15, -0.1) is 12.4 Å². The number of hydrogen-bond donors (Lipinski definition) is 2. The van der Waals surface area contributed by atoms with Crippen LogP contribution in [-0.4, -0.2) is 15.0 Å². The molecular formula is C14H14Cl2N2O2S. The second-order valence-electron chi connectivity index (χ2n) is 4.61. The number of rotatable bonds is 3. The Hall–Kier alpha value is -1.43. The van der Waals surface area contributed by atoms with Crippen LogP contribution in [0.4, 0.5) is 11.4 Å². The molecule has 1 heterocycles. The number of nitrogens with one attached hydrogen (secondary N) is 2. The Morgan fingerprint density at radius 1 is 1.14 bits per heavy atom. The third-order valence-corrected chi connectivity index (χ3v) is 4.79. The molecule has 0 amide bonds. The summed E-state index contributed by atoms with van der Waals surface area (Å²) in [4.78, 5) is 0.264. The lowest BCUT2D eigenvalue weighted by Crippen LogP contribution is -2.13. The maximum Gasteiger partial charge on any atom is 0.261 e. The fourth-order valence-corrected chi connectivity index (χ4v) is 3.50. The molecule has 3 rings (SSSR count). The normalized spacial score (nSPS) is 13.0. The summed E-state index contributed by atoms with van der Waals surface area (Å²) in [5.41, 5.74) is 2.49. The van der Waals surface area contributed by atoms with Crippen LogP contribution < -0.4 is 10.0 Å². The van der Waals surface area contributed by atoms with Crippen LogP contribution in [0, 0.1) is 0 Å². The van der Waals surface area contributed by atoms with E-state index in [9.17, 15) is 8.42 Å². The molecule has 2 aromatic carbocycles. The van der Waals surface area contributed by atoms with Crippen LogP contribution in [0.25, 0.3) is 0 Å². The highest BCUT2D eigenvalue weighted by atomic mass is 35.5. The summed E-state index contributed by atoms with van der Waals surface area (Å²) in [6, 6.07) is 11.8. The maximum absolute atomic E-state index is 12.3. The van der Waals surface area contributed by atoms with Gasteiger partial charge in [0.1, 0.15) is 0 Å². The molecule has 0 bridgehead atoms. The van der Waals surface area contributed by atoms with Gasteiger partial charge >= 0.3 is 0 Å². The molecular weight excluding hydrogens is 331 g/mol. The van der Waals surface area contributed by atoms with Gasteiger partial charge in [0.15, 0.2) is 0 Å². The van der Waals surface area contributed by atoms with Crippen molar-refractivity contribution in [2.24, 2.45) is 0 Å². The molecule has 1 aliphatic heterocycles. The molecule has 0 radical (unpaired) electrons. The molecule has 112 valence electrons. The number of sulfonamides is 1. The lowest BCUT2D eigenvalue weighted by atomic mass is 10.2. The summed E-state index contributed by atoms with van der Waals surface area (Å²) in [6.07, 6.45) is 0.843. The average Bonchev–Trinajstić information content (AvgIpc) is 2.85. The molecule has 0 fully saturated rings.